The van der Waals surface area contributed by atoms with Crippen molar-refractivity contribution in [3.05, 3.63) is 17.7 Å². The number of aromatic nitrogens is 2. The summed E-state index contributed by atoms with van der Waals surface area (Å²) in [5.41, 5.74) is 1.19. The highest BCUT2D eigenvalue weighted by atomic mass is 16.1. The topological polar surface area (TPSA) is 46.9 Å². The van der Waals surface area contributed by atoms with E-state index in [1.165, 1.54) is 0 Å². The molecule has 1 rings (SSSR count). The van der Waals surface area contributed by atoms with E-state index in [-0.39, 0.29) is 11.3 Å². The Bertz CT molecular complexity index is 402. The molecule has 0 aromatic carbocycles. The van der Waals surface area contributed by atoms with Crippen molar-refractivity contribution in [2.45, 2.75) is 54.0 Å². The molecule has 0 fully saturated rings. The SMILES string of the molecule is CCCc1cn(CC(=O)NCC(C)(C)C)c(C)n1. The van der Waals surface area contributed by atoms with E-state index in [1.54, 1.807) is 0 Å². The van der Waals surface area contributed by atoms with Gasteiger partial charge in [0.05, 0.1) is 5.69 Å². The van der Waals surface area contributed by atoms with Crippen LogP contribution in [0.4, 0.5) is 0 Å². The smallest absolute Gasteiger partial charge is 0.240 e. The van der Waals surface area contributed by atoms with Crippen LogP contribution < -0.4 is 5.32 Å². The Morgan fingerprint density at radius 1 is 1.44 bits per heavy atom. The number of hydrogen-bond acceptors (Lipinski definition) is 2. The molecule has 1 amide bonds. The molecule has 0 bridgehead atoms. The highest BCUT2D eigenvalue weighted by Gasteiger charge is 2.13. The molecule has 102 valence electrons. The largest absolute Gasteiger partial charge is 0.354 e. The number of carbonyl (C=O) groups excluding carboxylic acids is 1. The summed E-state index contributed by atoms with van der Waals surface area (Å²) in [7, 11) is 0. The van der Waals surface area contributed by atoms with Gasteiger partial charge in [0.1, 0.15) is 12.4 Å². The Hall–Kier alpha value is -1.32. The molecule has 18 heavy (non-hydrogen) atoms. The van der Waals surface area contributed by atoms with E-state index in [1.807, 2.05) is 17.7 Å². The summed E-state index contributed by atoms with van der Waals surface area (Å²) < 4.78 is 1.92. The third kappa shape index (κ3) is 4.90. The summed E-state index contributed by atoms with van der Waals surface area (Å²) in [5.74, 6) is 0.956. The maximum Gasteiger partial charge on any atom is 0.240 e. The van der Waals surface area contributed by atoms with E-state index in [9.17, 15) is 4.79 Å². The van der Waals surface area contributed by atoms with Crippen molar-refractivity contribution in [1.82, 2.24) is 14.9 Å². The molecule has 0 atom stereocenters. The lowest BCUT2D eigenvalue weighted by molar-refractivity contribution is -0.122. The molecule has 0 saturated carbocycles. The van der Waals surface area contributed by atoms with E-state index in [2.05, 4.69) is 38.0 Å². The summed E-state index contributed by atoms with van der Waals surface area (Å²) in [6.07, 6.45) is 4.03. The zero-order valence-electron chi connectivity index (χ0n) is 12.2. The van der Waals surface area contributed by atoms with Gasteiger partial charge in [-0.15, -0.1) is 0 Å². The van der Waals surface area contributed by atoms with Gasteiger partial charge in [0, 0.05) is 12.7 Å². The van der Waals surface area contributed by atoms with E-state index in [4.69, 9.17) is 0 Å². The summed E-state index contributed by atoms with van der Waals surface area (Å²) in [6.45, 7) is 11.4. The Morgan fingerprint density at radius 3 is 2.67 bits per heavy atom. The zero-order valence-corrected chi connectivity index (χ0v) is 12.2. The first kappa shape index (κ1) is 14.7. The van der Waals surface area contributed by atoms with Crippen molar-refractivity contribution in [2.24, 2.45) is 5.41 Å². The Balaban J connectivity index is 2.54. The van der Waals surface area contributed by atoms with Gasteiger partial charge in [0.25, 0.3) is 0 Å². The van der Waals surface area contributed by atoms with Gasteiger partial charge in [-0.25, -0.2) is 4.98 Å². The van der Waals surface area contributed by atoms with Crippen molar-refractivity contribution in [3.8, 4) is 0 Å². The molecular formula is C14H25N3O. The lowest BCUT2D eigenvalue weighted by Crippen LogP contribution is -2.34. The molecular weight excluding hydrogens is 226 g/mol. The van der Waals surface area contributed by atoms with Crippen LogP contribution in [0, 0.1) is 12.3 Å². The number of imidazole rings is 1. The van der Waals surface area contributed by atoms with Gasteiger partial charge < -0.3 is 9.88 Å². The molecule has 0 aliphatic carbocycles. The van der Waals surface area contributed by atoms with Crippen LogP contribution in [0.5, 0.6) is 0 Å². The van der Waals surface area contributed by atoms with Crippen LogP contribution in [0.25, 0.3) is 0 Å². The number of rotatable bonds is 5. The molecule has 1 aromatic rings. The quantitative estimate of drug-likeness (QED) is 0.873. The molecule has 4 nitrogen and oxygen atoms in total. The second kappa shape index (κ2) is 6.03. The first-order chi connectivity index (χ1) is 8.31. The van der Waals surface area contributed by atoms with Gasteiger partial charge in [-0.2, -0.15) is 0 Å². The highest BCUT2D eigenvalue weighted by Crippen LogP contribution is 2.10. The van der Waals surface area contributed by atoms with E-state index < -0.39 is 0 Å². The first-order valence-corrected chi connectivity index (χ1v) is 6.61. The fourth-order valence-corrected chi connectivity index (χ4v) is 1.69. The molecule has 0 aliphatic rings. The van der Waals surface area contributed by atoms with E-state index in [0.717, 1.165) is 24.4 Å². The summed E-state index contributed by atoms with van der Waals surface area (Å²) in [4.78, 5) is 16.3. The molecule has 1 aromatic heterocycles. The lowest BCUT2D eigenvalue weighted by Gasteiger charge is -2.18. The number of nitrogens with one attached hydrogen (secondary N) is 1. The number of aryl methyl sites for hydroxylation is 2. The predicted octanol–water partition coefficient (Wildman–Crippen LogP) is 2.31. The number of hydrogen-bond donors (Lipinski definition) is 1. The van der Waals surface area contributed by atoms with Gasteiger partial charge >= 0.3 is 0 Å². The first-order valence-electron chi connectivity index (χ1n) is 6.61. The molecule has 4 heteroatoms. The van der Waals surface area contributed by atoms with Crippen LogP contribution in [-0.4, -0.2) is 22.0 Å². The van der Waals surface area contributed by atoms with Crippen molar-refractivity contribution in [3.63, 3.8) is 0 Å². The van der Waals surface area contributed by atoms with Crippen LogP contribution >= 0.6 is 0 Å². The second-order valence-corrected chi connectivity index (χ2v) is 5.99. The monoisotopic (exact) mass is 251 g/mol. The summed E-state index contributed by atoms with van der Waals surface area (Å²) >= 11 is 0. The highest BCUT2D eigenvalue weighted by molar-refractivity contribution is 5.75. The van der Waals surface area contributed by atoms with Gasteiger partial charge in [-0.05, 0) is 18.8 Å². The third-order valence-electron chi connectivity index (χ3n) is 2.66. The Labute approximate surface area is 110 Å². The minimum Gasteiger partial charge on any atom is -0.354 e. The van der Waals surface area contributed by atoms with Crippen LogP contribution in [0.2, 0.25) is 0 Å². The van der Waals surface area contributed by atoms with Gasteiger partial charge in [0.2, 0.25) is 5.91 Å². The van der Waals surface area contributed by atoms with Gasteiger partial charge in [-0.3, -0.25) is 4.79 Å². The standard InChI is InChI=1S/C14H25N3O/c1-6-7-12-8-17(11(2)16-12)9-13(18)15-10-14(3,4)5/h8H,6-7,9-10H2,1-5H3,(H,15,18). The summed E-state index contributed by atoms with van der Waals surface area (Å²) in [5, 5.41) is 2.95. The normalized spacial score (nSPS) is 11.6. The van der Waals surface area contributed by atoms with Gasteiger partial charge in [0.15, 0.2) is 0 Å². The Morgan fingerprint density at radius 2 is 2.11 bits per heavy atom. The second-order valence-electron chi connectivity index (χ2n) is 5.99. The lowest BCUT2D eigenvalue weighted by atomic mass is 9.97. The number of carbonyl (C=O) groups is 1. The zero-order chi connectivity index (χ0) is 13.8. The molecule has 0 spiro atoms. The van der Waals surface area contributed by atoms with Crippen LogP contribution in [0.3, 0.4) is 0 Å². The molecule has 0 unspecified atom stereocenters. The van der Waals surface area contributed by atoms with E-state index >= 15 is 0 Å². The predicted molar refractivity (Wildman–Crippen MR) is 73.4 cm³/mol. The van der Waals surface area contributed by atoms with Crippen LogP contribution in [0.15, 0.2) is 6.20 Å². The van der Waals surface area contributed by atoms with Crippen molar-refractivity contribution in [1.29, 1.82) is 0 Å². The number of amides is 1. The summed E-state index contributed by atoms with van der Waals surface area (Å²) in [6, 6.07) is 0. The average molecular weight is 251 g/mol. The molecule has 1 N–H and O–H groups in total. The van der Waals surface area contributed by atoms with Crippen molar-refractivity contribution in [2.75, 3.05) is 6.54 Å². The van der Waals surface area contributed by atoms with Crippen LogP contribution in [0.1, 0.15) is 45.6 Å². The third-order valence-corrected chi connectivity index (χ3v) is 2.66. The fraction of sp³-hybridized carbons (Fsp3) is 0.714. The van der Waals surface area contributed by atoms with Crippen molar-refractivity contribution >= 4 is 5.91 Å². The number of nitrogens with zero attached hydrogens (tertiary/aromatic N) is 2. The molecule has 0 saturated heterocycles. The van der Waals surface area contributed by atoms with Crippen LogP contribution in [-0.2, 0) is 17.8 Å². The fourth-order valence-electron chi connectivity index (χ4n) is 1.69. The Kier molecular flexibility index (Phi) is 4.93. The van der Waals surface area contributed by atoms with Crippen molar-refractivity contribution < 1.29 is 4.79 Å². The maximum atomic E-state index is 11.8. The maximum absolute atomic E-state index is 11.8. The minimum atomic E-state index is 0.0495. The molecule has 1 heterocycles. The van der Waals surface area contributed by atoms with Gasteiger partial charge in [-0.1, -0.05) is 34.1 Å². The molecule has 0 radical (unpaired) electrons. The average Bonchev–Trinajstić information content (AvgIpc) is 2.56. The van der Waals surface area contributed by atoms with E-state index in [0.29, 0.717) is 13.1 Å². The minimum absolute atomic E-state index is 0.0495. The molecule has 0 aliphatic heterocycles.